The topological polar surface area (TPSA) is 70.9 Å². The SMILES string of the molecule is C/C(=N\O)c1cccc(NC(=O)C2COC(C)C2)c1. The number of ether oxygens (including phenoxy) is 1. The van der Waals surface area contributed by atoms with Gasteiger partial charge < -0.3 is 15.3 Å². The van der Waals surface area contributed by atoms with E-state index in [0.29, 0.717) is 18.0 Å². The molecule has 19 heavy (non-hydrogen) atoms. The molecule has 102 valence electrons. The van der Waals surface area contributed by atoms with Crippen LogP contribution in [-0.4, -0.2) is 29.5 Å². The number of rotatable bonds is 3. The molecule has 0 aromatic heterocycles. The van der Waals surface area contributed by atoms with Crippen LogP contribution >= 0.6 is 0 Å². The van der Waals surface area contributed by atoms with E-state index in [9.17, 15) is 4.79 Å². The van der Waals surface area contributed by atoms with Crippen molar-refractivity contribution in [3.8, 4) is 0 Å². The molecule has 1 fully saturated rings. The van der Waals surface area contributed by atoms with Crippen LogP contribution in [0.25, 0.3) is 0 Å². The molecule has 1 heterocycles. The second kappa shape index (κ2) is 5.84. The molecule has 0 aliphatic carbocycles. The van der Waals surface area contributed by atoms with Gasteiger partial charge in [-0.25, -0.2) is 0 Å². The highest BCUT2D eigenvalue weighted by Crippen LogP contribution is 2.21. The van der Waals surface area contributed by atoms with Gasteiger partial charge in [0.25, 0.3) is 0 Å². The standard InChI is InChI=1S/C14H18N2O3/c1-9-6-12(8-19-9)14(17)15-13-5-3-4-11(7-13)10(2)16-18/h3-5,7,9,12,18H,6,8H2,1-2H3,(H,15,17)/b16-10+. The second-order valence-corrected chi connectivity index (χ2v) is 4.83. The van der Waals surface area contributed by atoms with Crippen LogP contribution in [0, 0.1) is 5.92 Å². The molecule has 2 N–H and O–H groups in total. The van der Waals surface area contributed by atoms with Crippen LogP contribution in [0.1, 0.15) is 25.8 Å². The smallest absolute Gasteiger partial charge is 0.229 e. The summed E-state index contributed by atoms with van der Waals surface area (Å²) in [6.45, 7) is 4.15. The molecule has 0 spiro atoms. The summed E-state index contributed by atoms with van der Waals surface area (Å²) in [5.74, 6) is -0.119. The maximum absolute atomic E-state index is 12.0. The van der Waals surface area contributed by atoms with Crippen molar-refractivity contribution < 1.29 is 14.7 Å². The Bertz CT molecular complexity index is 499. The number of carbonyl (C=O) groups excluding carboxylic acids is 1. The molecular weight excluding hydrogens is 244 g/mol. The molecule has 1 aliphatic heterocycles. The lowest BCUT2D eigenvalue weighted by Crippen LogP contribution is -2.23. The molecule has 1 aliphatic rings. The molecule has 1 aromatic carbocycles. The van der Waals surface area contributed by atoms with E-state index in [1.54, 1.807) is 13.0 Å². The summed E-state index contributed by atoms with van der Waals surface area (Å²) < 4.78 is 5.39. The van der Waals surface area contributed by atoms with E-state index in [1.807, 2.05) is 25.1 Å². The van der Waals surface area contributed by atoms with E-state index < -0.39 is 0 Å². The lowest BCUT2D eigenvalue weighted by atomic mass is 10.1. The summed E-state index contributed by atoms with van der Waals surface area (Å²) in [4.78, 5) is 12.0. The molecule has 0 radical (unpaired) electrons. The van der Waals surface area contributed by atoms with Gasteiger partial charge in [-0.15, -0.1) is 0 Å². The Labute approximate surface area is 112 Å². The van der Waals surface area contributed by atoms with Crippen molar-refractivity contribution in [2.45, 2.75) is 26.4 Å². The zero-order chi connectivity index (χ0) is 13.8. The summed E-state index contributed by atoms with van der Waals surface area (Å²) in [6, 6.07) is 7.23. The highest BCUT2D eigenvalue weighted by Gasteiger charge is 2.28. The van der Waals surface area contributed by atoms with Crippen LogP contribution in [0.5, 0.6) is 0 Å². The first-order chi connectivity index (χ1) is 9.10. The van der Waals surface area contributed by atoms with Gasteiger partial charge in [0, 0.05) is 11.3 Å². The van der Waals surface area contributed by atoms with Gasteiger partial charge in [0.2, 0.25) is 5.91 Å². The van der Waals surface area contributed by atoms with Crippen LogP contribution < -0.4 is 5.32 Å². The monoisotopic (exact) mass is 262 g/mol. The van der Waals surface area contributed by atoms with Gasteiger partial charge in [0.15, 0.2) is 0 Å². The molecule has 5 nitrogen and oxygen atoms in total. The fraction of sp³-hybridized carbons (Fsp3) is 0.429. The number of carbonyl (C=O) groups is 1. The molecule has 2 unspecified atom stereocenters. The van der Waals surface area contributed by atoms with E-state index in [0.717, 1.165) is 12.0 Å². The average Bonchev–Trinajstić information content (AvgIpc) is 2.85. The van der Waals surface area contributed by atoms with Crippen LogP contribution in [0.4, 0.5) is 5.69 Å². The number of hydrogen-bond acceptors (Lipinski definition) is 4. The van der Waals surface area contributed by atoms with Crippen molar-refractivity contribution in [2.75, 3.05) is 11.9 Å². The first kappa shape index (κ1) is 13.5. The van der Waals surface area contributed by atoms with Crippen LogP contribution in [0.15, 0.2) is 29.4 Å². The molecule has 1 saturated heterocycles. The molecule has 0 saturated carbocycles. The maximum Gasteiger partial charge on any atom is 0.229 e. The van der Waals surface area contributed by atoms with E-state index in [4.69, 9.17) is 9.94 Å². The molecule has 1 aromatic rings. The maximum atomic E-state index is 12.0. The van der Waals surface area contributed by atoms with Gasteiger partial charge in [-0.3, -0.25) is 4.79 Å². The van der Waals surface area contributed by atoms with Gasteiger partial charge in [-0.1, -0.05) is 17.3 Å². The van der Waals surface area contributed by atoms with E-state index in [-0.39, 0.29) is 17.9 Å². The fourth-order valence-electron chi connectivity index (χ4n) is 2.12. The third-order valence-corrected chi connectivity index (χ3v) is 3.27. The molecule has 2 atom stereocenters. The zero-order valence-corrected chi connectivity index (χ0v) is 11.1. The predicted octanol–water partition coefficient (Wildman–Crippen LogP) is 2.25. The van der Waals surface area contributed by atoms with E-state index >= 15 is 0 Å². The Morgan fingerprint density at radius 1 is 1.53 bits per heavy atom. The third-order valence-electron chi connectivity index (χ3n) is 3.27. The normalized spacial score (nSPS) is 23.4. The summed E-state index contributed by atoms with van der Waals surface area (Å²) in [5.41, 5.74) is 1.98. The quantitative estimate of drug-likeness (QED) is 0.498. The van der Waals surface area contributed by atoms with Crippen molar-refractivity contribution in [3.05, 3.63) is 29.8 Å². The minimum absolute atomic E-state index is 0.0277. The van der Waals surface area contributed by atoms with Crippen molar-refractivity contribution in [1.29, 1.82) is 0 Å². The van der Waals surface area contributed by atoms with Crippen molar-refractivity contribution in [3.63, 3.8) is 0 Å². The number of anilines is 1. The largest absolute Gasteiger partial charge is 0.411 e. The van der Waals surface area contributed by atoms with Gasteiger partial charge in [0.1, 0.15) is 0 Å². The lowest BCUT2D eigenvalue weighted by Gasteiger charge is -2.10. The first-order valence-electron chi connectivity index (χ1n) is 6.31. The lowest BCUT2D eigenvalue weighted by molar-refractivity contribution is -0.119. The van der Waals surface area contributed by atoms with Gasteiger partial charge in [-0.2, -0.15) is 0 Å². The van der Waals surface area contributed by atoms with Gasteiger partial charge in [0.05, 0.1) is 24.3 Å². The van der Waals surface area contributed by atoms with Gasteiger partial charge in [-0.05, 0) is 32.4 Å². The second-order valence-electron chi connectivity index (χ2n) is 4.83. The Kier molecular flexibility index (Phi) is 4.16. The van der Waals surface area contributed by atoms with Crippen molar-refractivity contribution >= 4 is 17.3 Å². The summed E-state index contributed by atoms with van der Waals surface area (Å²) in [7, 11) is 0. The number of nitrogens with one attached hydrogen (secondary N) is 1. The Hall–Kier alpha value is -1.88. The molecule has 2 rings (SSSR count). The minimum Gasteiger partial charge on any atom is -0.411 e. The first-order valence-corrected chi connectivity index (χ1v) is 6.31. The Balaban J connectivity index is 2.05. The minimum atomic E-state index is -0.0914. The van der Waals surface area contributed by atoms with Gasteiger partial charge >= 0.3 is 0 Å². The number of benzene rings is 1. The third kappa shape index (κ3) is 3.32. The zero-order valence-electron chi connectivity index (χ0n) is 11.1. The molecular formula is C14H18N2O3. The Morgan fingerprint density at radius 2 is 2.32 bits per heavy atom. The number of nitrogens with zero attached hydrogens (tertiary/aromatic N) is 1. The van der Waals surface area contributed by atoms with Crippen molar-refractivity contribution in [2.24, 2.45) is 11.1 Å². The van der Waals surface area contributed by atoms with Crippen LogP contribution in [0.2, 0.25) is 0 Å². The van der Waals surface area contributed by atoms with Crippen molar-refractivity contribution in [1.82, 2.24) is 0 Å². The number of oxime groups is 1. The molecule has 1 amide bonds. The van der Waals surface area contributed by atoms with Crippen LogP contribution in [-0.2, 0) is 9.53 Å². The van der Waals surface area contributed by atoms with Crippen LogP contribution in [0.3, 0.4) is 0 Å². The summed E-state index contributed by atoms with van der Waals surface area (Å²) in [5, 5.41) is 14.8. The fourth-order valence-corrected chi connectivity index (χ4v) is 2.12. The summed E-state index contributed by atoms with van der Waals surface area (Å²) >= 11 is 0. The summed E-state index contributed by atoms with van der Waals surface area (Å²) in [6.07, 6.45) is 0.897. The highest BCUT2D eigenvalue weighted by molar-refractivity contribution is 6.00. The number of amides is 1. The van der Waals surface area contributed by atoms with E-state index in [1.165, 1.54) is 0 Å². The number of hydrogen-bond donors (Lipinski definition) is 2. The van der Waals surface area contributed by atoms with E-state index in [2.05, 4.69) is 10.5 Å². The predicted molar refractivity (Wildman–Crippen MR) is 72.6 cm³/mol. The molecule has 0 bridgehead atoms. The Morgan fingerprint density at radius 3 is 2.95 bits per heavy atom. The molecule has 5 heteroatoms. The highest BCUT2D eigenvalue weighted by atomic mass is 16.5. The average molecular weight is 262 g/mol.